The molecule has 2 rings (SSSR count). The van der Waals surface area contributed by atoms with E-state index in [0.717, 1.165) is 5.82 Å². The monoisotopic (exact) mass is 236 g/mol. The molecule has 2 heterocycles. The van der Waals surface area contributed by atoms with Gasteiger partial charge in [0.25, 0.3) is 5.56 Å². The van der Waals surface area contributed by atoms with Crippen LogP contribution in [-0.4, -0.2) is 19.5 Å². The number of aromatic nitrogens is 4. The Kier molecular flexibility index (Phi) is 2.65. The maximum atomic E-state index is 11.6. The first kappa shape index (κ1) is 11.6. The second-order valence-electron chi connectivity index (χ2n) is 4.67. The first-order valence-corrected chi connectivity index (χ1v) is 5.60. The number of rotatable bonds is 2. The SMILES string of the molecule is CC(C)C(C)c1nc2c([nH]1)c(=O)[nH]c(=O)n2C. The quantitative estimate of drug-likeness (QED) is 0.805. The largest absolute Gasteiger partial charge is 0.336 e. The summed E-state index contributed by atoms with van der Waals surface area (Å²) in [6.07, 6.45) is 0. The van der Waals surface area contributed by atoms with Gasteiger partial charge in [0.05, 0.1) is 0 Å². The Morgan fingerprint density at radius 1 is 1.18 bits per heavy atom. The lowest BCUT2D eigenvalue weighted by Crippen LogP contribution is -2.28. The molecule has 0 radical (unpaired) electrons. The lowest BCUT2D eigenvalue weighted by molar-refractivity contribution is 0.515. The van der Waals surface area contributed by atoms with Gasteiger partial charge < -0.3 is 4.98 Å². The van der Waals surface area contributed by atoms with E-state index in [0.29, 0.717) is 17.1 Å². The van der Waals surface area contributed by atoms with E-state index in [1.54, 1.807) is 7.05 Å². The highest BCUT2D eigenvalue weighted by Crippen LogP contribution is 2.21. The Labute approximate surface area is 97.7 Å². The Balaban J connectivity index is 2.74. The molecule has 0 bridgehead atoms. The molecule has 2 aromatic heterocycles. The highest BCUT2D eigenvalue weighted by molar-refractivity contribution is 5.69. The molecule has 17 heavy (non-hydrogen) atoms. The van der Waals surface area contributed by atoms with Gasteiger partial charge in [0, 0.05) is 13.0 Å². The number of nitrogens with zero attached hydrogens (tertiary/aromatic N) is 2. The van der Waals surface area contributed by atoms with E-state index in [9.17, 15) is 9.59 Å². The Bertz CT molecular complexity index is 662. The molecule has 0 saturated heterocycles. The number of hydrogen-bond acceptors (Lipinski definition) is 3. The molecular weight excluding hydrogens is 220 g/mol. The van der Waals surface area contributed by atoms with Crippen LogP contribution in [-0.2, 0) is 7.05 Å². The summed E-state index contributed by atoms with van der Waals surface area (Å²) in [7, 11) is 1.59. The zero-order valence-electron chi connectivity index (χ0n) is 10.4. The fraction of sp³-hybridized carbons (Fsp3) is 0.545. The van der Waals surface area contributed by atoms with Crippen LogP contribution in [0.15, 0.2) is 9.59 Å². The Morgan fingerprint density at radius 3 is 2.41 bits per heavy atom. The number of fused-ring (bicyclic) bond motifs is 1. The van der Waals surface area contributed by atoms with Gasteiger partial charge in [-0.1, -0.05) is 20.8 Å². The van der Waals surface area contributed by atoms with Crippen molar-refractivity contribution in [1.82, 2.24) is 19.5 Å². The van der Waals surface area contributed by atoms with Crippen molar-refractivity contribution in [2.75, 3.05) is 0 Å². The van der Waals surface area contributed by atoms with Crippen molar-refractivity contribution in [3.05, 3.63) is 26.7 Å². The molecule has 1 unspecified atom stereocenters. The minimum atomic E-state index is -0.447. The van der Waals surface area contributed by atoms with Crippen LogP contribution in [0.4, 0.5) is 0 Å². The molecule has 0 fully saturated rings. The minimum absolute atomic E-state index is 0.205. The van der Waals surface area contributed by atoms with E-state index in [-0.39, 0.29) is 5.92 Å². The maximum Gasteiger partial charge on any atom is 0.329 e. The minimum Gasteiger partial charge on any atom is -0.336 e. The van der Waals surface area contributed by atoms with Crippen molar-refractivity contribution >= 4 is 11.2 Å². The van der Waals surface area contributed by atoms with Crippen molar-refractivity contribution in [3.8, 4) is 0 Å². The zero-order valence-corrected chi connectivity index (χ0v) is 10.4. The molecule has 2 aromatic rings. The van der Waals surface area contributed by atoms with Gasteiger partial charge in [0.2, 0.25) is 0 Å². The molecule has 0 aliphatic heterocycles. The van der Waals surface area contributed by atoms with Gasteiger partial charge in [0.15, 0.2) is 5.65 Å². The summed E-state index contributed by atoms with van der Waals surface area (Å²) in [5.41, 5.74) is -0.105. The molecular formula is C11H16N4O2. The smallest absolute Gasteiger partial charge is 0.329 e. The number of H-pyrrole nitrogens is 2. The molecule has 0 aliphatic carbocycles. The molecule has 6 heteroatoms. The third kappa shape index (κ3) is 1.79. The third-order valence-corrected chi connectivity index (χ3v) is 3.20. The van der Waals surface area contributed by atoms with Crippen molar-refractivity contribution < 1.29 is 0 Å². The summed E-state index contributed by atoms with van der Waals surface area (Å²) >= 11 is 0. The van der Waals surface area contributed by atoms with E-state index < -0.39 is 11.2 Å². The van der Waals surface area contributed by atoms with Crippen LogP contribution in [0.5, 0.6) is 0 Å². The summed E-state index contributed by atoms with van der Waals surface area (Å²) in [5, 5.41) is 0. The molecule has 0 spiro atoms. The molecule has 92 valence electrons. The molecule has 6 nitrogen and oxygen atoms in total. The average molecular weight is 236 g/mol. The lowest BCUT2D eigenvalue weighted by Gasteiger charge is -2.11. The van der Waals surface area contributed by atoms with E-state index in [1.165, 1.54) is 4.57 Å². The molecule has 0 aromatic carbocycles. The third-order valence-electron chi connectivity index (χ3n) is 3.20. The number of aromatic amines is 2. The van der Waals surface area contributed by atoms with Crippen LogP contribution in [0.25, 0.3) is 11.2 Å². The van der Waals surface area contributed by atoms with Crippen LogP contribution >= 0.6 is 0 Å². The number of nitrogens with one attached hydrogen (secondary N) is 2. The van der Waals surface area contributed by atoms with Crippen LogP contribution in [0, 0.1) is 5.92 Å². The normalized spacial score (nSPS) is 13.5. The Hall–Kier alpha value is -1.85. The van der Waals surface area contributed by atoms with Crippen LogP contribution < -0.4 is 11.2 Å². The van der Waals surface area contributed by atoms with Crippen LogP contribution in [0.1, 0.15) is 32.5 Å². The average Bonchev–Trinajstić information content (AvgIpc) is 2.70. The van der Waals surface area contributed by atoms with Gasteiger partial charge >= 0.3 is 5.69 Å². The second-order valence-corrected chi connectivity index (χ2v) is 4.67. The predicted octanol–water partition coefficient (Wildman–Crippen LogP) is 0.709. The van der Waals surface area contributed by atoms with E-state index >= 15 is 0 Å². The zero-order chi connectivity index (χ0) is 12.7. The molecule has 0 amide bonds. The first-order chi connectivity index (χ1) is 7.91. The van der Waals surface area contributed by atoms with Gasteiger partial charge in [-0.15, -0.1) is 0 Å². The van der Waals surface area contributed by atoms with Gasteiger partial charge in [-0.25, -0.2) is 9.78 Å². The maximum absolute atomic E-state index is 11.6. The summed E-state index contributed by atoms with van der Waals surface area (Å²) in [4.78, 5) is 32.6. The molecule has 2 N–H and O–H groups in total. The molecule has 1 atom stereocenters. The number of aryl methyl sites for hydroxylation is 1. The molecule has 0 saturated carbocycles. The number of imidazole rings is 1. The topological polar surface area (TPSA) is 83.5 Å². The van der Waals surface area contributed by atoms with E-state index in [2.05, 4.69) is 28.8 Å². The highest BCUT2D eigenvalue weighted by atomic mass is 16.2. The standard InChI is InChI=1S/C11H16N4O2/c1-5(2)6(3)8-12-7-9(13-8)15(4)11(17)14-10(7)16/h5-6H,1-4H3,(H,12,13)(H,14,16,17). The van der Waals surface area contributed by atoms with Crippen LogP contribution in [0.3, 0.4) is 0 Å². The second kappa shape index (κ2) is 3.87. The summed E-state index contributed by atoms with van der Waals surface area (Å²) < 4.78 is 1.34. The van der Waals surface area contributed by atoms with Crippen molar-refractivity contribution in [2.24, 2.45) is 13.0 Å². The van der Waals surface area contributed by atoms with Crippen molar-refractivity contribution in [3.63, 3.8) is 0 Å². The summed E-state index contributed by atoms with van der Waals surface area (Å²) in [5.74, 6) is 1.35. The first-order valence-electron chi connectivity index (χ1n) is 5.60. The van der Waals surface area contributed by atoms with Gasteiger partial charge in [-0.2, -0.15) is 0 Å². The van der Waals surface area contributed by atoms with Crippen LogP contribution in [0.2, 0.25) is 0 Å². The van der Waals surface area contributed by atoms with E-state index in [4.69, 9.17) is 0 Å². The van der Waals surface area contributed by atoms with Crippen molar-refractivity contribution in [2.45, 2.75) is 26.7 Å². The fourth-order valence-corrected chi connectivity index (χ4v) is 1.65. The van der Waals surface area contributed by atoms with Crippen molar-refractivity contribution in [1.29, 1.82) is 0 Å². The van der Waals surface area contributed by atoms with Gasteiger partial charge in [-0.05, 0) is 5.92 Å². The summed E-state index contributed by atoms with van der Waals surface area (Å²) in [6, 6.07) is 0. The summed E-state index contributed by atoms with van der Waals surface area (Å²) in [6.45, 7) is 6.21. The highest BCUT2D eigenvalue weighted by Gasteiger charge is 2.17. The Morgan fingerprint density at radius 2 is 1.82 bits per heavy atom. The van der Waals surface area contributed by atoms with E-state index in [1.807, 2.05) is 6.92 Å². The lowest BCUT2D eigenvalue weighted by atomic mass is 9.98. The molecule has 0 aliphatic rings. The van der Waals surface area contributed by atoms with Gasteiger partial charge in [0.1, 0.15) is 11.3 Å². The fourth-order valence-electron chi connectivity index (χ4n) is 1.65. The predicted molar refractivity (Wildman–Crippen MR) is 65.2 cm³/mol. The number of hydrogen-bond donors (Lipinski definition) is 2. The van der Waals surface area contributed by atoms with Gasteiger partial charge in [-0.3, -0.25) is 14.3 Å².